The molecule has 5 heteroatoms. The topological polar surface area (TPSA) is 45.7 Å². The molecule has 0 bridgehead atoms. The first-order valence-electron chi connectivity index (χ1n) is 9.06. The molecule has 1 aromatic heterocycles. The molecule has 0 unspecified atom stereocenters. The van der Waals surface area contributed by atoms with Gasteiger partial charge in [0.05, 0.1) is 0 Å². The van der Waals surface area contributed by atoms with E-state index in [1.54, 1.807) is 0 Å². The maximum atomic E-state index is 12.3. The van der Waals surface area contributed by atoms with Gasteiger partial charge in [-0.2, -0.15) is 0 Å². The van der Waals surface area contributed by atoms with Gasteiger partial charge >= 0.3 is 6.09 Å². The number of carbonyl (C=O) groups excluding carboxylic acids is 1. The summed E-state index contributed by atoms with van der Waals surface area (Å²) in [7, 11) is 0. The predicted octanol–water partition coefficient (Wildman–Crippen LogP) is 3.41. The first-order valence-corrected chi connectivity index (χ1v) is 9.06. The standard InChI is InChI=1S/C19H29N3O2/c1-14-13-21(18(23)24-19(2,3)4)9-10-22(14)17-11-15-7-5-6-8-16(15)12-20-17/h11-12,14H,5-10,13H2,1-4H3/t14-/m0/s1. The molecule has 0 aromatic carbocycles. The monoisotopic (exact) mass is 331 g/mol. The normalized spacial score (nSPS) is 21.4. The molecular weight excluding hydrogens is 302 g/mol. The number of hydrogen-bond donors (Lipinski definition) is 0. The number of fused-ring (bicyclic) bond motifs is 1. The Labute approximate surface area is 145 Å². The molecule has 1 saturated heterocycles. The molecule has 1 aromatic rings. The van der Waals surface area contributed by atoms with Crippen LogP contribution in [0.1, 0.15) is 51.7 Å². The number of piperazine rings is 1. The van der Waals surface area contributed by atoms with Gasteiger partial charge in [0.25, 0.3) is 0 Å². The Morgan fingerprint density at radius 2 is 1.92 bits per heavy atom. The Kier molecular flexibility index (Phi) is 4.70. The third-order valence-electron chi connectivity index (χ3n) is 4.78. The van der Waals surface area contributed by atoms with Gasteiger partial charge < -0.3 is 14.5 Å². The molecule has 0 radical (unpaired) electrons. The first-order chi connectivity index (χ1) is 11.3. The van der Waals surface area contributed by atoms with E-state index in [1.807, 2.05) is 25.7 Å². The van der Waals surface area contributed by atoms with Gasteiger partial charge in [0.2, 0.25) is 0 Å². The van der Waals surface area contributed by atoms with Crippen molar-refractivity contribution in [2.75, 3.05) is 24.5 Å². The molecular formula is C19H29N3O2. The van der Waals surface area contributed by atoms with Gasteiger partial charge in [-0.15, -0.1) is 0 Å². The molecule has 24 heavy (non-hydrogen) atoms. The number of amides is 1. The van der Waals surface area contributed by atoms with Crippen molar-refractivity contribution in [1.29, 1.82) is 0 Å². The van der Waals surface area contributed by atoms with E-state index in [4.69, 9.17) is 4.74 Å². The van der Waals surface area contributed by atoms with Gasteiger partial charge in [0.15, 0.2) is 0 Å². The number of ether oxygens (including phenoxy) is 1. The van der Waals surface area contributed by atoms with Crippen LogP contribution >= 0.6 is 0 Å². The zero-order valence-electron chi connectivity index (χ0n) is 15.3. The number of nitrogens with zero attached hydrogens (tertiary/aromatic N) is 3. The minimum absolute atomic E-state index is 0.215. The Hall–Kier alpha value is -1.78. The highest BCUT2D eigenvalue weighted by atomic mass is 16.6. The highest BCUT2D eigenvalue weighted by Gasteiger charge is 2.30. The Balaban J connectivity index is 1.67. The predicted molar refractivity (Wildman–Crippen MR) is 95.5 cm³/mol. The van der Waals surface area contributed by atoms with Crippen molar-refractivity contribution in [3.8, 4) is 0 Å². The van der Waals surface area contributed by atoms with Crippen LogP contribution in [0, 0.1) is 0 Å². The summed E-state index contributed by atoms with van der Waals surface area (Å²) in [6, 6.07) is 2.49. The number of rotatable bonds is 1. The Bertz CT molecular complexity index is 609. The Morgan fingerprint density at radius 3 is 2.58 bits per heavy atom. The number of anilines is 1. The van der Waals surface area contributed by atoms with Crippen LogP contribution in [0.4, 0.5) is 10.6 Å². The number of aryl methyl sites for hydroxylation is 2. The minimum atomic E-state index is -0.447. The van der Waals surface area contributed by atoms with Crippen LogP contribution in [0.3, 0.4) is 0 Å². The SMILES string of the molecule is C[C@H]1CN(C(=O)OC(C)(C)C)CCN1c1cc2c(cn1)CCCC2. The molecule has 3 rings (SSSR count). The lowest BCUT2D eigenvalue weighted by Crippen LogP contribution is -2.54. The lowest BCUT2D eigenvalue weighted by Gasteiger charge is -2.41. The van der Waals surface area contributed by atoms with Crippen molar-refractivity contribution < 1.29 is 9.53 Å². The number of carbonyl (C=O) groups is 1. The van der Waals surface area contributed by atoms with Crippen LogP contribution in [-0.4, -0.2) is 47.3 Å². The van der Waals surface area contributed by atoms with Crippen LogP contribution < -0.4 is 4.90 Å². The van der Waals surface area contributed by atoms with Crippen molar-refractivity contribution >= 4 is 11.9 Å². The van der Waals surface area contributed by atoms with Crippen molar-refractivity contribution in [3.05, 3.63) is 23.4 Å². The number of hydrogen-bond acceptors (Lipinski definition) is 4. The van der Waals surface area contributed by atoms with Gasteiger partial charge in [-0.3, -0.25) is 0 Å². The second kappa shape index (κ2) is 6.61. The summed E-state index contributed by atoms with van der Waals surface area (Å²) in [5.41, 5.74) is 2.41. The summed E-state index contributed by atoms with van der Waals surface area (Å²) in [5, 5.41) is 0. The molecule has 1 aliphatic carbocycles. The molecule has 1 atom stereocenters. The van der Waals surface area contributed by atoms with Gasteiger partial charge in [-0.25, -0.2) is 9.78 Å². The van der Waals surface area contributed by atoms with Gasteiger partial charge in [0.1, 0.15) is 11.4 Å². The van der Waals surface area contributed by atoms with E-state index in [0.29, 0.717) is 13.1 Å². The molecule has 132 valence electrons. The number of aromatic nitrogens is 1. The van der Waals surface area contributed by atoms with Crippen molar-refractivity contribution in [3.63, 3.8) is 0 Å². The van der Waals surface area contributed by atoms with Gasteiger partial charge in [0, 0.05) is 31.9 Å². The fraction of sp³-hybridized carbons (Fsp3) is 0.684. The fourth-order valence-corrected chi connectivity index (χ4v) is 3.55. The lowest BCUT2D eigenvalue weighted by molar-refractivity contribution is 0.0218. The van der Waals surface area contributed by atoms with E-state index >= 15 is 0 Å². The third kappa shape index (κ3) is 3.82. The van der Waals surface area contributed by atoms with E-state index < -0.39 is 5.60 Å². The van der Waals surface area contributed by atoms with Crippen molar-refractivity contribution in [1.82, 2.24) is 9.88 Å². The summed E-state index contributed by atoms with van der Waals surface area (Å²) in [4.78, 5) is 21.1. The summed E-state index contributed by atoms with van der Waals surface area (Å²) in [6.07, 6.45) is 6.71. The third-order valence-corrected chi connectivity index (χ3v) is 4.78. The molecule has 2 heterocycles. The first kappa shape index (κ1) is 17.1. The fourth-order valence-electron chi connectivity index (χ4n) is 3.55. The second-order valence-electron chi connectivity index (χ2n) is 7.99. The molecule has 5 nitrogen and oxygen atoms in total. The molecule has 1 fully saturated rings. The minimum Gasteiger partial charge on any atom is -0.444 e. The van der Waals surface area contributed by atoms with Crippen LogP contribution in [0.5, 0.6) is 0 Å². The quantitative estimate of drug-likeness (QED) is 0.791. The van der Waals surface area contributed by atoms with E-state index in [2.05, 4.69) is 29.1 Å². The molecule has 0 N–H and O–H groups in total. The van der Waals surface area contributed by atoms with Crippen molar-refractivity contribution in [2.45, 2.75) is 65.0 Å². The van der Waals surface area contributed by atoms with Crippen LogP contribution in [0.2, 0.25) is 0 Å². The van der Waals surface area contributed by atoms with E-state index in [9.17, 15) is 4.79 Å². The highest BCUT2D eigenvalue weighted by Crippen LogP contribution is 2.26. The zero-order valence-corrected chi connectivity index (χ0v) is 15.3. The highest BCUT2D eigenvalue weighted by molar-refractivity contribution is 5.68. The molecule has 0 saturated carbocycles. The molecule has 1 amide bonds. The molecule has 0 spiro atoms. The zero-order chi connectivity index (χ0) is 17.3. The van der Waals surface area contributed by atoms with Crippen LogP contribution in [-0.2, 0) is 17.6 Å². The second-order valence-corrected chi connectivity index (χ2v) is 7.99. The lowest BCUT2D eigenvalue weighted by atomic mass is 9.93. The van der Waals surface area contributed by atoms with Gasteiger partial charge in [-0.05, 0) is 70.6 Å². The summed E-state index contributed by atoms with van der Waals surface area (Å²) >= 11 is 0. The van der Waals surface area contributed by atoms with Crippen molar-refractivity contribution in [2.24, 2.45) is 0 Å². The average Bonchev–Trinajstić information content (AvgIpc) is 2.52. The van der Waals surface area contributed by atoms with E-state index in [1.165, 1.54) is 24.0 Å². The van der Waals surface area contributed by atoms with Crippen LogP contribution in [0.25, 0.3) is 0 Å². The maximum absolute atomic E-state index is 12.3. The summed E-state index contributed by atoms with van der Waals surface area (Å²) in [6.45, 7) is 10.0. The summed E-state index contributed by atoms with van der Waals surface area (Å²) < 4.78 is 5.49. The largest absolute Gasteiger partial charge is 0.444 e. The van der Waals surface area contributed by atoms with E-state index in [-0.39, 0.29) is 12.1 Å². The summed E-state index contributed by atoms with van der Waals surface area (Å²) in [5.74, 6) is 1.05. The van der Waals surface area contributed by atoms with Crippen LogP contribution in [0.15, 0.2) is 12.3 Å². The average molecular weight is 331 g/mol. The molecule has 2 aliphatic rings. The molecule has 1 aliphatic heterocycles. The van der Waals surface area contributed by atoms with E-state index in [0.717, 1.165) is 25.2 Å². The maximum Gasteiger partial charge on any atom is 0.410 e. The van der Waals surface area contributed by atoms with Gasteiger partial charge in [-0.1, -0.05) is 0 Å². The Morgan fingerprint density at radius 1 is 1.21 bits per heavy atom. The smallest absolute Gasteiger partial charge is 0.410 e. The number of pyridine rings is 1.